The zero-order chi connectivity index (χ0) is 29.2. The van der Waals surface area contributed by atoms with Crippen LogP contribution in [0.2, 0.25) is 0 Å². The lowest BCUT2D eigenvalue weighted by Crippen LogP contribution is -2.43. The normalized spacial score (nSPS) is 24.6. The van der Waals surface area contributed by atoms with Crippen LogP contribution >= 0.6 is 0 Å². The third kappa shape index (κ3) is 7.04. The molecular weight excluding hydrogens is 543 g/mol. The van der Waals surface area contributed by atoms with Gasteiger partial charge < -0.3 is 15.2 Å². The predicted molar refractivity (Wildman–Crippen MR) is 133 cm³/mol. The number of aliphatic hydroxyl groups excluding tert-OH is 1. The van der Waals surface area contributed by atoms with Crippen LogP contribution in [0.25, 0.3) is 0 Å². The van der Waals surface area contributed by atoms with E-state index in [4.69, 9.17) is 4.74 Å². The number of alkyl halides is 6. The van der Waals surface area contributed by atoms with Gasteiger partial charge in [0.15, 0.2) is 5.78 Å². The van der Waals surface area contributed by atoms with E-state index in [1.165, 1.54) is 19.1 Å². The molecule has 0 bridgehead atoms. The Bertz CT molecular complexity index is 1190. The molecule has 2 aromatic carbocycles. The molecule has 0 radical (unpaired) electrons. The molecule has 0 aromatic heterocycles. The van der Waals surface area contributed by atoms with Gasteiger partial charge in [0.05, 0.1) is 23.3 Å². The molecule has 0 saturated heterocycles. The van der Waals surface area contributed by atoms with Gasteiger partial charge in [-0.2, -0.15) is 26.3 Å². The molecule has 0 unspecified atom stereocenters. The molecule has 218 valence electrons. The molecule has 4 nitrogen and oxygen atoms in total. The largest absolute Gasteiger partial charge is 0.416 e. The van der Waals surface area contributed by atoms with Crippen LogP contribution in [0.15, 0.2) is 54.2 Å². The van der Waals surface area contributed by atoms with E-state index in [9.17, 15) is 40.6 Å². The van der Waals surface area contributed by atoms with Crippen molar-refractivity contribution in [1.82, 2.24) is 5.32 Å². The predicted octanol–water partition coefficient (Wildman–Crippen LogP) is 6.95. The lowest BCUT2D eigenvalue weighted by atomic mass is 9.68. The van der Waals surface area contributed by atoms with Gasteiger partial charge in [0.25, 0.3) is 0 Å². The first-order valence-corrected chi connectivity index (χ1v) is 13.0. The average Bonchev–Trinajstić information content (AvgIpc) is 3.31. The second-order valence-corrected chi connectivity index (χ2v) is 10.4. The summed E-state index contributed by atoms with van der Waals surface area (Å²) in [4.78, 5) is 11.6. The topological polar surface area (TPSA) is 58.6 Å². The van der Waals surface area contributed by atoms with E-state index < -0.39 is 53.3 Å². The number of ether oxygens (including phenoxy) is 1. The van der Waals surface area contributed by atoms with Crippen molar-refractivity contribution < 1.29 is 45.4 Å². The van der Waals surface area contributed by atoms with Crippen molar-refractivity contribution in [3.05, 3.63) is 82.3 Å². The van der Waals surface area contributed by atoms with Gasteiger partial charge in [-0.15, -0.1) is 0 Å². The zero-order valence-corrected chi connectivity index (χ0v) is 21.7. The summed E-state index contributed by atoms with van der Waals surface area (Å²) in [5, 5.41) is 13.7. The van der Waals surface area contributed by atoms with Gasteiger partial charge in [-0.1, -0.05) is 12.1 Å². The summed E-state index contributed by atoms with van der Waals surface area (Å²) in [6.45, 7) is 1.57. The minimum absolute atomic E-state index is 0.0276. The Kier molecular flexibility index (Phi) is 8.94. The van der Waals surface area contributed by atoms with Crippen LogP contribution in [0.1, 0.15) is 66.9 Å². The van der Waals surface area contributed by atoms with Crippen molar-refractivity contribution in [1.29, 1.82) is 0 Å². The highest BCUT2D eigenvalue weighted by Gasteiger charge is 2.42. The Morgan fingerprint density at radius 2 is 1.60 bits per heavy atom. The molecule has 5 atom stereocenters. The second-order valence-electron chi connectivity index (χ2n) is 10.4. The van der Waals surface area contributed by atoms with E-state index in [1.807, 2.05) is 0 Å². The Morgan fingerprint density at radius 3 is 2.12 bits per heavy atom. The fourth-order valence-electron chi connectivity index (χ4n) is 5.71. The highest BCUT2D eigenvalue weighted by molar-refractivity contribution is 5.92. The second kappa shape index (κ2) is 11.9. The lowest BCUT2D eigenvalue weighted by molar-refractivity contribution is -0.143. The number of aliphatic hydroxyl groups is 1. The molecule has 2 aliphatic carbocycles. The van der Waals surface area contributed by atoms with Crippen LogP contribution in [-0.4, -0.2) is 30.1 Å². The van der Waals surface area contributed by atoms with Crippen molar-refractivity contribution in [2.24, 2.45) is 11.8 Å². The number of hydrogen-bond acceptors (Lipinski definition) is 4. The minimum atomic E-state index is -4.99. The molecule has 0 heterocycles. The molecule has 2 aromatic rings. The number of allylic oxidation sites excluding steroid dienone is 2. The van der Waals surface area contributed by atoms with Gasteiger partial charge in [-0.3, -0.25) is 4.79 Å². The van der Waals surface area contributed by atoms with Crippen molar-refractivity contribution in [2.45, 2.75) is 63.1 Å². The van der Waals surface area contributed by atoms with Crippen molar-refractivity contribution in [3.63, 3.8) is 0 Å². The van der Waals surface area contributed by atoms with Gasteiger partial charge >= 0.3 is 12.4 Å². The molecule has 4 rings (SSSR count). The van der Waals surface area contributed by atoms with E-state index in [0.717, 1.165) is 5.70 Å². The van der Waals surface area contributed by atoms with Crippen LogP contribution < -0.4 is 5.32 Å². The molecule has 40 heavy (non-hydrogen) atoms. The summed E-state index contributed by atoms with van der Waals surface area (Å²) >= 11 is 0. The summed E-state index contributed by atoms with van der Waals surface area (Å²) < 4.78 is 100. The monoisotopic (exact) mass is 573 g/mol. The maximum Gasteiger partial charge on any atom is 0.416 e. The molecule has 0 aliphatic heterocycles. The summed E-state index contributed by atoms with van der Waals surface area (Å²) in [5.74, 6) is -1.46. The van der Waals surface area contributed by atoms with E-state index >= 15 is 0 Å². The Morgan fingerprint density at radius 1 is 0.975 bits per heavy atom. The maximum atomic E-state index is 13.7. The van der Waals surface area contributed by atoms with Crippen LogP contribution in [0.4, 0.5) is 30.7 Å². The molecule has 0 spiro atoms. The first kappa shape index (κ1) is 30.0. The van der Waals surface area contributed by atoms with Gasteiger partial charge in [0.2, 0.25) is 0 Å². The average molecular weight is 574 g/mol. The smallest absolute Gasteiger partial charge is 0.396 e. The highest BCUT2D eigenvalue weighted by Crippen LogP contribution is 2.45. The number of nitrogens with one attached hydrogen (secondary N) is 1. The van der Waals surface area contributed by atoms with Crippen LogP contribution in [-0.2, 0) is 21.9 Å². The third-order valence-electron chi connectivity index (χ3n) is 7.78. The number of halogens is 7. The van der Waals surface area contributed by atoms with Gasteiger partial charge in [0, 0.05) is 37.3 Å². The molecule has 1 saturated carbocycles. The molecule has 2 N–H and O–H groups in total. The Labute approximate surface area is 227 Å². The summed E-state index contributed by atoms with van der Waals surface area (Å²) in [6, 6.07) is 6.98. The fourth-order valence-corrected chi connectivity index (χ4v) is 5.71. The molecular formula is C29H30F7NO3. The fraction of sp³-hybridized carbons (Fsp3) is 0.483. The van der Waals surface area contributed by atoms with E-state index in [2.05, 4.69) is 5.32 Å². The Balaban J connectivity index is 1.62. The summed E-state index contributed by atoms with van der Waals surface area (Å²) in [6.07, 6.45) is -8.28. The SMILES string of the molecule is C[C@@H](O[C@H]1CC[C@H](CNC2=CC(=O)CC2)[C@@H](CO)[C@@H]1c1ccc(F)cc1)c1cc(C(F)(F)F)cc(C(F)(F)F)c1. The van der Waals surface area contributed by atoms with Gasteiger partial charge in [0.1, 0.15) is 5.82 Å². The third-order valence-corrected chi connectivity index (χ3v) is 7.78. The molecule has 0 amide bonds. The molecule has 11 heteroatoms. The molecule has 1 fully saturated rings. The van der Waals surface area contributed by atoms with E-state index in [-0.39, 0.29) is 29.9 Å². The molecule has 2 aliphatic rings. The number of rotatable bonds is 8. The number of carbonyl (C=O) groups is 1. The zero-order valence-electron chi connectivity index (χ0n) is 21.7. The first-order valence-electron chi connectivity index (χ1n) is 13.0. The van der Waals surface area contributed by atoms with E-state index in [1.54, 1.807) is 18.2 Å². The summed E-state index contributed by atoms with van der Waals surface area (Å²) in [7, 11) is 0. The van der Waals surface area contributed by atoms with E-state index in [0.29, 0.717) is 49.9 Å². The van der Waals surface area contributed by atoms with Crippen LogP contribution in [0, 0.1) is 17.7 Å². The van der Waals surface area contributed by atoms with Crippen molar-refractivity contribution in [3.8, 4) is 0 Å². The maximum absolute atomic E-state index is 13.7. The number of hydrogen-bond donors (Lipinski definition) is 2. The van der Waals surface area contributed by atoms with Crippen LogP contribution in [0.3, 0.4) is 0 Å². The van der Waals surface area contributed by atoms with Crippen LogP contribution in [0.5, 0.6) is 0 Å². The van der Waals surface area contributed by atoms with Gasteiger partial charge in [-0.25, -0.2) is 4.39 Å². The van der Waals surface area contributed by atoms with Gasteiger partial charge in [-0.05, 0) is 79.5 Å². The van der Waals surface area contributed by atoms with Crippen molar-refractivity contribution >= 4 is 5.78 Å². The number of carbonyl (C=O) groups excluding carboxylic acids is 1. The lowest BCUT2D eigenvalue weighted by Gasteiger charge is -2.44. The van der Waals surface area contributed by atoms with Crippen molar-refractivity contribution in [2.75, 3.05) is 13.2 Å². The first-order chi connectivity index (χ1) is 18.8. The number of ketones is 1. The quantitative estimate of drug-likeness (QED) is 0.336. The standard InChI is InChI=1S/C29H30F7NO3/c1-16(19-10-20(28(31,32)33)12-21(11-19)29(34,35)36)40-26-9-4-18(14-37-23-7-8-24(39)13-23)25(15-38)27(26)17-2-5-22(30)6-3-17/h2-3,5-6,10-13,16,18,25-27,37-38H,4,7-9,14-15H2,1H3/t16-,18-,25-,26+,27+/m1/s1. The Hall–Kier alpha value is -2.92. The number of benzene rings is 2. The minimum Gasteiger partial charge on any atom is -0.396 e. The summed E-state index contributed by atoms with van der Waals surface area (Å²) in [5.41, 5.74) is -1.69. The highest BCUT2D eigenvalue weighted by atomic mass is 19.4.